The molecule has 0 radical (unpaired) electrons. The highest BCUT2D eigenvalue weighted by molar-refractivity contribution is 5.77. The lowest BCUT2D eigenvalue weighted by Crippen LogP contribution is -2.47. The van der Waals surface area contributed by atoms with Crippen molar-refractivity contribution in [2.45, 2.75) is 45.8 Å². The third kappa shape index (κ3) is 5.92. The van der Waals surface area contributed by atoms with Gasteiger partial charge in [-0.15, -0.1) is 0 Å². The van der Waals surface area contributed by atoms with Gasteiger partial charge in [0.25, 0.3) is 0 Å². The van der Waals surface area contributed by atoms with Crippen LogP contribution in [-0.4, -0.2) is 54.8 Å². The topological polar surface area (TPSA) is 67.9 Å². The predicted molar refractivity (Wildman–Crippen MR) is 70.8 cm³/mol. The van der Waals surface area contributed by atoms with Crippen LogP contribution in [0.25, 0.3) is 0 Å². The number of amides is 2. The number of rotatable bonds is 3. The van der Waals surface area contributed by atoms with E-state index in [1.165, 1.54) is 0 Å². The fourth-order valence-corrected chi connectivity index (χ4v) is 1.83. The second-order valence-electron chi connectivity index (χ2n) is 5.69. The number of alkyl carbamates (subject to hydrolysis) is 1. The standard InChI is InChI=1S/C13H24N2O4/c1-10-9-18-8-7-15(10)11(16)5-6-14-12(17)19-13(2,3)4/h10H,5-9H2,1-4H3,(H,14,17). The van der Waals surface area contributed by atoms with Gasteiger partial charge in [0, 0.05) is 19.5 Å². The van der Waals surface area contributed by atoms with Crippen molar-refractivity contribution >= 4 is 12.0 Å². The highest BCUT2D eigenvalue weighted by Crippen LogP contribution is 2.08. The van der Waals surface area contributed by atoms with Gasteiger partial charge in [0.2, 0.25) is 5.91 Å². The second kappa shape index (κ2) is 6.75. The van der Waals surface area contributed by atoms with E-state index < -0.39 is 11.7 Å². The van der Waals surface area contributed by atoms with E-state index in [1.54, 1.807) is 25.7 Å². The summed E-state index contributed by atoms with van der Waals surface area (Å²) in [5.41, 5.74) is -0.521. The molecule has 1 heterocycles. The summed E-state index contributed by atoms with van der Waals surface area (Å²) in [7, 11) is 0. The van der Waals surface area contributed by atoms with Crippen LogP contribution >= 0.6 is 0 Å². The van der Waals surface area contributed by atoms with Crippen molar-refractivity contribution in [3.63, 3.8) is 0 Å². The molecular weight excluding hydrogens is 248 g/mol. The Labute approximate surface area is 114 Å². The van der Waals surface area contributed by atoms with E-state index in [2.05, 4.69) is 5.32 Å². The summed E-state index contributed by atoms with van der Waals surface area (Å²) in [4.78, 5) is 25.1. The van der Waals surface area contributed by atoms with E-state index in [0.29, 0.717) is 19.8 Å². The lowest BCUT2D eigenvalue weighted by Gasteiger charge is -2.33. The maximum atomic E-state index is 12.0. The van der Waals surface area contributed by atoms with Crippen molar-refractivity contribution in [2.75, 3.05) is 26.3 Å². The van der Waals surface area contributed by atoms with Crippen molar-refractivity contribution < 1.29 is 19.1 Å². The van der Waals surface area contributed by atoms with Crippen LogP contribution in [0.3, 0.4) is 0 Å². The van der Waals surface area contributed by atoms with Crippen LogP contribution in [0.4, 0.5) is 4.79 Å². The Hall–Kier alpha value is -1.30. The van der Waals surface area contributed by atoms with E-state index in [0.717, 1.165) is 0 Å². The fourth-order valence-electron chi connectivity index (χ4n) is 1.83. The first-order valence-electron chi connectivity index (χ1n) is 6.63. The van der Waals surface area contributed by atoms with Crippen LogP contribution in [-0.2, 0) is 14.3 Å². The lowest BCUT2D eigenvalue weighted by atomic mass is 10.2. The van der Waals surface area contributed by atoms with Crippen LogP contribution in [0, 0.1) is 0 Å². The van der Waals surface area contributed by atoms with Crippen LogP contribution < -0.4 is 5.32 Å². The number of nitrogens with one attached hydrogen (secondary N) is 1. The Morgan fingerprint density at radius 1 is 1.42 bits per heavy atom. The Balaban J connectivity index is 2.25. The van der Waals surface area contributed by atoms with Crippen molar-refractivity contribution in [3.05, 3.63) is 0 Å². The maximum absolute atomic E-state index is 12.0. The average molecular weight is 272 g/mol. The Morgan fingerprint density at radius 2 is 2.11 bits per heavy atom. The number of nitrogens with zero attached hydrogens (tertiary/aromatic N) is 1. The number of ether oxygens (including phenoxy) is 2. The molecule has 1 N–H and O–H groups in total. The first-order chi connectivity index (χ1) is 8.79. The van der Waals surface area contributed by atoms with E-state index in [1.807, 2.05) is 6.92 Å². The van der Waals surface area contributed by atoms with Crippen LogP contribution in [0.1, 0.15) is 34.1 Å². The Morgan fingerprint density at radius 3 is 2.68 bits per heavy atom. The van der Waals surface area contributed by atoms with Crippen LogP contribution in [0.5, 0.6) is 0 Å². The highest BCUT2D eigenvalue weighted by Gasteiger charge is 2.23. The molecule has 6 nitrogen and oxygen atoms in total. The van der Waals surface area contributed by atoms with Crippen LogP contribution in [0.2, 0.25) is 0 Å². The van der Waals surface area contributed by atoms with Gasteiger partial charge < -0.3 is 19.7 Å². The zero-order chi connectivity index (χ0) is 14.5. The van der Waals surface area contributed by atoms with Gasteiger partial charge in [-0.1, -0.05) is 0 Å². The van der Waals surface area contributed by atoms with Gasteiger partial charge in [0.05, 0.1) is 19.3 Å². The maximum Gasteiger partial charge on any atom is 0.407 e. The third-order valence-corrected chi connectivity index (χ3v) is 2.70. The van der Waals surface area contributed by atoms with Crippen molar-refractivity contribution in [1.82, 2.24) is 10.2 Å². The summed E-state index contributed by atoms with van der Waals surface area (Å²) in [6, 6.07) is 0.0998. The fraction of sp³-hybridized carbons (Fsp3) is 0.846. The predicted octanol–water partition coefficient (Wildman–Crippen LogP) is 1.15. The monoisotopic (exact) mass is 272 g/mol. The number of hydrogen-bond donors (Lipinski definition) is 1. The highest BCUT2D eigenvalue weighted by atomic mass is 16.6. The molecule has 1 fully saturated rings. The lowest BCUT2D eigenvalue weighted by molar-refractivity contribution is -0.138. The van der Waals surface area contributed by atoms with E-state index in [-0.39, 0.29) is 24.9 Å². The largest absolute Gasteiger partial charge is 0.444 e. The molecule has 0 aromatic heterocycles. The van der Waals surface area contributed by atoms with Gasteiger partial charge in [0.1, 0.15) is 5.60 Å². The van der Waals surface area contributed by atoms with Crippen LogP contribution in [0.15, 0.2) is 0 Å². The van der Waals surface area contributed by atoms with Gasteiger partial charge in [-0.2, -0.15) is 0 Å². The summed E-state index contributed by atoms with van der Waals surface area (Å²) < 4.78 is 10.4. The molecule has 6 heteroatoms. The van der Waals surface area contributed by atoms with Gasteiger partial charge in [0.15, 0.2) is 0 Å². The molecule has 1 aliphatic heterocycles. The summed E-state index contributed by atoms with van der Waals surface area (Å²) >= 11 is 0. The van der Waals surface area contributed by atoms with E-state index in [4.69, 9.17) is 9.47 Å². The molecule has 1 atom stereocenters. The van der Waals surface area contributed by atoms with Gasteiger partial charge in [-0.3, -0.25) is 4.79 Å². The molecule has 2 amide bonds. The van der Waals surface area contributed by atoms with Crippen molar-refractivity contribution in [3.8, 4) is 0 Å². The molecule has 0 aliphatic carbocycles. The molecule has 0 bridgehead atoms. The number of carbonyl (C=O) groups excluding carboxylic acids is 2. The minimum atomic E-state index is -0.521. The zero-order valence-electron chi connectivity index (χ0n) is 12.2. The SMILES string of the molecule is CC1COCCN1C(=O)CCNC(=O)OC(C)(C)C. The first kappa shape index (κ1) is 15.8. The quantitative estimate of drug-likeness (QED) is 0.837. The normalized spacial score (nSPS) is 20.0. The van der Waals surface area contributed by atoms with Gasteiger partial charge in [-0.05, 0) is 27.7 Å². The van der Waals surface area contributed by atoms with Gasteiger partial charge in [-0.25, -0.2) is 4.79 Å². The number of hydrogen-bond acceptors (Lipinski definition) is 4. The molecule has 1 saturated heterocycles. The molecule has 1 unspecified atom stereocenters. The minimum Gasteiger partial charge on any atom is -0.444 e. The molecule has 1 aliphatic rings. The third-order valence-electron chi connectivity index (χ3n) is 2.70. The molecule has 110 valence electrons. The molecule has 0 aromatic carbocycles. The van der Waals surface area contributed by atoms with E-state index in [9.17, 15) is 9.59 Å². The summed E-state index contributed by atoms with van der Waals surface area (Å²) in [6.45, 7) is 9.41. The molecule has 0 spiro atoms. The molecular formula is C13H24N2O4. The zero-order valence-corrected chi connectivity index (χ0v) is 12.2. The summed E-state index contributed by atoms with van der Waals surface area (Å²) in [5.74, 6) is 0.0341. The number of morpholine rings is 1. The molecule has 0 saturated carbocycles. The van der Waals surface area contributed by atoms with Crippen molar-refractivity contribution in [2.24, 2.45) is 0 Å². The van der Waals surface area contributed by atoms with Gasteiger partial charge >= 0.3 is 6.09 Å². The smallest absolute Gasteiger partial charge is 0.407 e. The Kier molecular flexibility index (Phi) is 5.60. The first-order valence-corrected chi connectivity index (χ1v) is 6.63. The second-order valence-corrected chi connectivity index (χ2v) is 5.69. The molecule has 0 aromatic rings. The summed E-state index contributed by atoms with van der Waals surface area (Å²) in [5, 5.41) is 2.58. The van der Waals surface area contributed by atoms with E-state index >= 15 is 0 Å². The molecule has 1 rings (SSSR count). The average Bonchev–Trinajstić information content (AvgIpc) is 2.26. The summed E-state index contributed by atoms with van der Waals surface area (Å²) in [6.07, 6.45) is -0.209. The number of carbonyl (C=O) groups is 2. The molecule has 19 heavy (non-hydrogen) atoms. The van der Waals surface area contributed by atoms with Crippen molar-refractivity contribution in [1.29, 1.82) is 0 Å². The Bertz CT molecular complexity index is 325. The minimum absolute atomic E-state index is 0.0341.